The summed E-state index contributed by atoms with van der Waals surface area (Å²) in [5.74, 6) is 0.952. The highest BCUT2D eigenvalue weighted by molar-refractivity contribution is 5.47. The second-order valence-electron chi connectivity index (χ2n) is 5.65. The van der Waals surface area contributed by atoms with Crippen LogP contribution in [0.3, 0.4) is 0 Å². The van der Waals surface area contributed by atoms with Crippen LogP contribution in [0.4, 0.5) is 5.69 Å². The Morgan fingerprint density at radius 3 is 2.05 bits per heavy atom. The third-order valence-corrected chi connectivity index (χ3v) is 4.32. The van der Waals surface area contributed by atoms with Crippen LogP contribution in [0.15, 0.2) is 54.6 Å². The number of anilines is 1. The summed E-state index contributed by atoms with van der Waals surface area (Å²) in [5, 5.41) is 0. The second-order valence-corrected chi connectivity index (χ2v) is 5.65. The number of fused-ring (bicyclic) bond motifs is 3. The third-order valence-electron chi connectivity index (χ3n) is 4.32. The molecule has 2 saturated heterocycles. The van der Waals surface area contributed by atoms with Crippen LogP contribution in [0, 0.1) is 18.1 Å². The predicted molar refractivity (Wildman–Crippen MR) is 83.6 cm³/mol. The molecule has 3 fully saturated rings. The Morgan fingerprint density at radius 1 is 0.850 bits per heavy atom. The lowest BCUT2D eigenvalue weighted by Crippen LogP contribution is -2.48. The highest BCUT2D eigenvalue weighted by atomic mass is 15.2. The number of hydrogen-bond donors (Lipinski definition) is 0. The second kappa shape index (κ2) is 6.60. The van der Waals surface area contributed by atoms with Gasteiger partial charge in [0.1, 0.15) is 0 Å². The average molecular weight is 263 g/mol. The van der Waals surface area contributed by atoms with Gasteiger partial charge < -0.3 is 4.90 Å². The number of hydrogen-bond acceptors (Lipinski definition) is 1. The molecule has 2 radical (unpaired) electrons. The van der Waals surface area contributed by atoms with Crippen LogP contribution in [-0.4, -0.2) is 12.6 Å². The van der Waals surface area contributed by atoms with Crippen molar-refractivity contribution in [2.45, 2.75) is 31.7 Å². The van der Waals surface area contributed by atoms with Crippen molar-refractivity contribution in [3.8, 4) is 0 Å². The van der Waals surface area contributed by atoms with E-state index in [4.69, 9.17) is 0 Å². The van der Waals surface area contributed by atoms with Crippen molar-refractivity contribution in [3.05, 3.63) is 66.7 Å². The van der Waals surface area contributed by atoms with Crippen molar-refractivity contribution in [2.75, 3.05) is 11.4 Å². The van der Waals surface area contributed by atoms with Crippen molar-refractivity contribution in [3.63, 3.8) is 0 Å². The molecule has 2 aromatic carbocycles. The van der Waals surface area contributed by atoms with Gasteiger partial charge in [-0.2, -0.15) is 0 Å². The standard InChI is InChI=1S/C13H16N.C6H5/c1-2-4-12(5-3-1)14-10-11-6-8-13(14)9-7-11;1-2-4-6-5-3-1/h1-4,11,13H,6-10H2;1-5H. The Balaban J connectivity index is 0.000000170. The Bertz CT molecular complexity index is 459. The maximum absolute atomic E-state index is 3.35. The topological polar surface area (TPSA) is 3.24 Å². The van der Waals surface area contributed by atoms with E-state index in [0.29, 0.717) is 0 Å². The molecule has 20 heavy (non-hydrogen) atoms. The fourth-order valence-corrected chi connectivity index (χ4v) is 3.27. The van der Waals surface area contributed by atoms with Crippen LogP contribution in [0.2, 0.25) is 0 Å². The van der Waals surface area contributed by atoms with Crippen molar-refractivity contribution in [1.29, 1.82) is 0 Å². The number of rotatable bonds is 1. The Hall–Kier alpha value is -1.76. The van der Waals surface area contributed by atoms with Crippen molar-refractivity contribution >= 4 is 5.69 Å². The zero-order valence-electron chi connectivity index (χ0n) is 11.8. The van der Waals surface area contributed by atoms with Gasteiger partial charge in [-0.3, -0.25) is 0 Å². The molecule has 0 aromatic heterocycles. The van der Waals surface area contributed by atoms with Crippen LogP contribution in [-0.2, 0) is 0 Å². The van der Waals surface area contributed by atoms with E-state index in [1.54, 1.807) is 0 Å². The molecule has 3 aliphatic rings. The van der Waals surface area contributed by atoms with Gasteiger partial charge in [0.15, 0.2) is 0 Å². The van der Waals surface area contributed by atoms with E-state index in [2.05, 4.69) is 29.2 Å². The van der Waals surface area contributed by atoms with Crippen LogP contribution < -0.4 is 4.90 Å². The third kappa shape index (κ3) is 3.22. The highest BCUT2D eigenvalue weighted by Crippen LogP contribution is 2.37. The molecule has 2 aliphatic heterocycles. The zero-order valence-corrected chi connectivity index (χ0v) is 11.8. The fourth-order valence-electron chi connectivity index (χ4n) is 3.27. The van der Waals surface area contributed by atoms with Gasteiger partial charge in [0.05, 0.1) is 0 Å². The number of benzene rings is 2. The van der Waals surface area contributed by atoms with Crippen LogP contribution in [0.1, 0.15) is 25.7 Å². The summed E-state index contributed by atoms with van der Waals surface area (Å²) in [7, 11) is 0. The van der Waals surface area contributed by atoms with Gasteiger partial charge in [-0.25, -0.2) is 0 Å². The zero-order chi connectivity index (χ0) is 13.6. The van der Waals surface area contributed by atoms with Crippen molar-refractivity contribution < 1.29 is 0 Å². The van der Waals surface area contributed by atoms with Gasteiger partial charge in [0, 0.05) is 24.3 Å². The van der Waals surface area contributed by atoms with E-state index >= 15 is 0 Å². The van der Waals surface area contributed by atoms with E-state index in [-0.39, 0.29) is 0 Å². The molecule has 5 rings (SSSR count). The van der Waals surface area contributed by atoms with Crippen molar-refractivity contribution in [1.82, 2.24) is 0 Å². The smallest absolute Gasteiger partial charge is 0.0449 e. The molecule has 0 atom stereocenters. The van der Waals surface area contributed by atoms with Gasteiger partial charge in [-0.1, -0.05) is 48.5 Å². The minimum atomic E-state index is 0.804. The highest BCUT2D eigenvalue weighted by Gasteiger charge is 2.33. The van der Waals surface area contributed by atoms with Crippen molar-refractivity contribution in [2.24, 2.45) is 5.92 Å². The summed E-state index contributed by atoms with van der Waals surface area (Å²) >= 11 is 0. The minimum Gasteiger partial charge on any atom is -0.368 e. The number of nitrogens with zero attached hydrogens (tertiary/aromatic N) is 1. The Kier molecular flexibility index (Phi) is 4.37. The molecular weight excluding hydrogens is 242 g/mol. The lowest BCUT2D eigenvalue weighted by molar-refractivity contribution is 0.252. The lowest BCUT2D eigenvalue weighted by atomic mass is 9.80. The lowest BCUT2D eigenvalue weighted by Gasteiger charge is -2.46. The quantitative estimate of drug-likeness (QED) is 0.739. The summed E-state index contributed by atoms with van der Waals surface area (Å²) in [6.07, 6.45) is 5.70. The molecule has 0 unspecified atom stereocenters. The molecule has 2 heterocycles. The van der Waals surface area contributed by atoms with E-state index in [9.17, 15) is 0 Å². The van der Waals surface area contributed by atoms with Gasteiger partial charge >= 0.3 is 0 Å². The maximum Gasteiger partial charge on any atom is 0.0449 e. The Labute approximate surface area is 122 Å². The molecule has 0 spiro atoms. The molecule has 2 aromatic rings. The first-order valence-electron chi connectivity index (χ1n) is 7.58. The first kappa shape index (κ1) is 13.2. The first-order chi connectivity index (χ1) is 9.93. The molecule has 1 heteroatoms. The minimum absolute atomic E-state index is 0.804. The van der Waals surface area contributed by atoms with Gasteiger partial charge in [0.2, 0.25) is 0 Å². The summed E-state index contributed by atoms with van der Waals surface area (Å²) in [6, 6.07) is 25.0. The molecule has 1 nitrogen and oxygen atoms in total. The number of para-hydroxylation sites is 1. The molecule has 102 valence electrons. The van der Waals surface area contributed by atoms with Gasteiger partial charge in [-0.15, -0.1) is 0 Å². The summed E-state index contributed by atoms with van der Waals surface area (Å²) in [5.41, 5.74) is 1.31. The summed E-state index contributed by atoms with van der Waals surface area (Å²) in [4.78, 5) is 2.57. The molecule has 1 aliphatic carbocycles. The molecule has 2 bridgehead atoms. The molecule has 0 amide bonds. The number of piperidine rings is 2. The molecule has 0 N–H and O–H groups in total. The van der Waals surface area contributed by atoms with Crippen LogP contribution >= 0.6 is 0 Å². The first-order valence-corrected chi connectivity index (χ1v) is 7.58. The Morgan fingerprint density at radius 2 is 1.60 bits per heavy atom. The molecule has 1 saturated carbocycles. The average Bonchev–Trinajstić information content (AvgIpc) is 2.59. The van der Waals surface area contributed by atoms with E-state index in [0.717, 1.165) is 12.0 Å². The largest absolute Gasteiger partial charge is 0.368 e. The molecular formula is C19H21N. The van der Waals surface area contributed by atoms with E-state index in [1.807, 2.05) is 42.5 Å². The monoisotopic (exact) mass is 263 g/mol. The summed E-state index contributed by atoms with van der Waals surface area (Å²) in [6.45, 7) is 1.27. The predicted octanol–water partition coefficient (Wildman–Crippen LogP) is 4.35. The van der Waals surface area contributed by atoms with Gasteiger partial charge in [-0.05, 0) is 43.7 Å². The maximum atomic E-state index is 3.35. The normalized spacial score (nSPS) is 23.9. The SMILES string of the molecule is [c]1ccccc1.[c]1ccccc1N1CC2CCC1CC2. The van der Waals surface area contributed by atoms with Gasteiger partial charge in [0.25, 0.3) is 0 Å². The van der Waals surface area contributed by atoms with E-state index in [1.165, 1.54) is 37.9 Å². The van der Waals surface area contributed by atoms with Crippen LogP contribution in [0.5, 0.6) is 0 Å². The summed E-state index contributed by atoms with van der Waals surface area (Å²) < 4.78 is 0. The fraction of sp³-hybridized carbons (Fsp3) is 0.368. The van der Waals surface area contributed by atoms with Crippen LogP contribution in [0.25, 0.3) is 0 Å². The van der Waals surface area contributed by atoms with E-state index < -0.39 is 0 Å².